The quantitative estimate of drug-likeness (QED) is 0.754. The summed E-state index contributed by atoms with van der Waals surface area (Å²) >= 11 is 0. The predicted molar refractivity (Wildman–Crippen MR) is 91.5 cm³/mol. The minimum absolute atomic E-state index is 0. The summed E-state index contributed by atoms with van der Waals surface area (Å²) in [4.78, 5) is 0. The number of hydrogen-bond donors (Lipinski definition) is 1. The summed E-state index contributed by atoms with van der Waals surface area (Å²) in [6.07, 6.45) is 1.77. The van der Waals surface area contributed by atoms with Crippen molar-refractivity contribution < 1.29 is 16.0 Å². The second-order valence-electron chi connectivity index (χ2n) is 5.60. The standard InChI is InChI=1S/C16H27NO3S.2H2/c1-5-12-20-16-8-6-15(7-9-16)14(4)10-11-17-21(18,19)13(2)3;;/h6-9,13-14,17H,5,10-12H2,1-4H3;2*1H. The summed E-state index contributed by atoms with van der Waals surface area (Å²) in [6, 6.07) is 8.04. The Morgan fingerprint density at radius 2 is 1.81 bits per heavy atom. The zero-order valence-electron chi connectivity index (χ0n) is 13.4. The number of ether oxygens (including phenoxy) is 1. The number of hydrogen-bond acceptors (Lipinski definition) is 3. The van der Waals surface area contributed by atoms with Crippen LogP contribution in [0.2, 0.25) is 0 Å². The van der Waals surface area contributed by atoms with Crippen LogP contribution >= 0.6 is 0 Å². The summed E-state index contributed by atoms with van der Waals surface area (Å²) in [5, 5.41) is -0.386. The third-order valence-electron chi connectivity index (χ3n) is 3.42. The van der Waals surface area contributed by atoms with E-state index in [0.29, 0.717) is 12.5 Å². The first kappa shape index (κ1) is 18.0. The maximum atomic E-state index is 11.7. The van der Waals surface area contributed by atoms with Gasteiger partial charge in [0.25, 0.3) is 0 Å². The van der Waals surface area contributed by atoms with E-state index in [4.69, 9.17) is 4.74 Å². The van der Waals surface area contributed by atoms with Gasteiger partial charge in [0.05, 0.1) is 11.9 Å². The van der Waals surface area contributed by atoms with Crippen molar-refractivity contribution in [2.24, 2.45) is 0 Å². The molecule has 5 heteroatoms. The number of benzene rings is 1. The van der Waals surface area contributed by atoms with Gasteiger partial charge in [-0.25, -0.2) is 13.1 Å². The van der Waals surface area contributed by atoms with E-state index in [1.54, 1.807) is 13.8 Å². The van der Waals surface area contributed by atoms with Crippen molar-refractivity contribution in [3.63, 3.8) is 0 Å². The van der Waals surface area contributed by atoms with Crippen molar-refractivity contribution in [1.82, 2.24) is 4.72 Å². The molecule has 0 radical (unpaired) electrons. The van der Waals surface area contributed by atoms with Crippen molar-refractivity contribution in [2.45, 2.75) is 51.7 Å². The number of rotatable bonds is 9. The molecule has 0 bridgehead atoms. The molecule has 0 aliphatic rings. The van der Waals surface area contributed by atoms with Gasteiger partial charge in [-0.15, -0.1) is 0 Å². The lowest BCUT2D eigenvalue weighted by molar-refractivity contribution is 0.317. The van der Waals surface area contributed by atoms with Crippen molar-refractivity contribution in [2.75, 3.05) is 13.2 Å². The number of nitrogens with one attached hydrogen (secondary N) is 1. The molecule has 0 heterocycles. The Hall–Kier alpha value is -1.07. The van der Waals surface area contributed by atoms with Gasteiger partial charge in [-0.1, -0.05) is 26.0 Å². The average Bonchev–Trinajstić information content (AvgIpc) is 2.45. The summed E-state index contributed by atoms with van der Waals surface area (Å²) in [7, 11) is -3.16. The predicted octanol–water partition coefficient (Wildman–Crippen LogP) is 3.79. The van der Waals surface area contributed by atoms with Gasteiger partial charge in [0, 0.05) is 9.40 Å². The van der Waals surface area contributed by atoms with E-state index < -0.39 is 10.0 Å². The molecule has 4 nitrogen and oxygen atoms in total. The molecule has 1 rings (SSSR count). The van der Waals surface area contributed by atoms with Gasteiger partial charge in [-0.2, -0.15) is 0 Å². The Labute approximate surface area is 131 Å². The molecule has 0 amide bonds. The summed E-state index contributed by atoms with van der Waals surface area (Å²) < 4.78 is 31.5. The first-order valence-corrected chi connectivity index (χ1v) is 9.12. The Bertz CT molecular complexity index is 519. The van der Waals surface area contributed by atoms with Crippen molar-refractivity contribution in [3.05, 3.63) is 29.8 Å². The zero-order valence-corrected chi connectivity index (χ0v) is 14.2. The van der Waals surface area contributed by atoms with Crippen LogP contribution in [0.3, 0.4) is 0 Å². The van der Waals surface area contributed by atoms with Crippen LogP contribution in [0.4, 0.5) is 0 Å². The SMILES string of the molecule is CCCOc1ccc(C(C)CCNS(=O)(=O)C(C)C)cc1.[HH].[HH]. The zero-order chi connectivity index (χ0) is 15.9. The lowest BCUT2D eigenvalue weighted by atomic mass is 9.98. The first-order chi connectivity index (χ1) is 9.86. The molecule has 0 saturated heterocycles. The van der Waals surface area contributed by atoms with Gasteiger partial charge in [0.1, 0.15) is 5.75 Å². The Morgan fingerprint density at radius 1 is 1.19 bits per heavy atom. The fourth-order valence-corrected chi connectivity index (χ4v) is 2.60. The van der Waals surface area contributed by atoms with Crippen LogP contribution in [0.25, 0.3) is 0 Å². The van der Waals surface area contributed by atoms with Gasteiger partial charge < -0.3 is 4.74 Å². The van der Waals surface area contributed by atoms with Crippen molar-refractivity contribution in [1.29, 1.82) is 0 Å². The van der Waals surface area contributed by atoms with Gasteiger partial charge in [-0.05, 0) is 50.3 Å². The van der Waals surface area contributed by atoms with Gasteiger partial charge in [-0.3, -0.25) is 0 Å². The van der Waals surface area contributed by atoms with E-state index in [9.17, 15) is 8.42 Å². The normalized spacial score (nSPS) is 13.4. The van der Waals surface area contributed by atoms with Crippen LogP contribution in [0, 0.1) is 0 Å². The molecule has 1 aromatic carbocycles. The van der Waals surface area contributed by atoms with Gasteiger partial charge in [0.15, 0.2) is 0 Å². The number of sulfonamides is 1. The van der Waals surface area contributed by atoms with Crippen LogP contribution in [-0.2, 0) is 10.0 Å². The highest BCUT2D eigenvalue weighted by Gasteiger charge is 2.15. The highest BCUT2D eigenvalue weighted by molar-refractivity contribution is 7.90. The summed E-state index contributed by atoms with van der Waals surface area (Å²) in [5.41, 5.74) is 1.20. The molecule has 0 saturated carbocycles. The molecular formula is C16H31NO3S. The Balaban J connectivity index is 0. The van der Waals surface area contributed by atoms with E-state index in [0.717, 1.165) is 25.2 Å². The van der Waals surface area contributed by atoms with Gasteiger partial charge >= 0.3 is 0 Å². The summed E-state index contributed by atoms with van der Waals surface area (Å²) in [5.74, 6) is 1.19. The summed E-state index contributed by atoms with van der Waals surface area (Å²) in [6.45, 7) is 8.74. The highest BCUT2D eigenvalue weighted by Crippen LogP contribution is 2.21. The van der Waals surface area contributed by atoms with Gasteiger partial charge in [0.2, 0.25) is 10.0 Å². The molecular weight excluding hydrogens is 286 g/mol. The lowest BCUT2D eigenvalue weighted by Crippen LogP contribution is -2.31. The minimum Gasteiger partial charge on any atom is -0.494 e. The van der Waals surface area contributed by atoms with Crippen molar-refractivity contribution >= 4 is 10.0 Å². The molecule has 1 unspecified atom stereocenters. The van der Waals surface area contributed by atoms with E-state index in [-0.39, 0.29) is 8.10 Å². The average molecular weight is 317 g/mol. The molecule has 1 atom stereocenters. The molecule has 0 aliphatic heterocycles. The Kier molecular flexibility index (Phi) is 7.18. The maximum Gasteiger partial charge on any atom is 0.213 e. The largest absolute Gasteiger partial charge is 0.494 e. The monoisotopic (exact) mass is 317 g/mol. The fourth-order valence-electron chi connectivity index (χ4n) is 1.86. The second kappa shape index (κ2) is 8.39. The smallest absolute Gasteiger partial charge is 0.213 e. The molecule has 0 aliphatic carbocycles. The topological polar surface area (TPSA) is 55.4 Å². The first-order valence-electron chi connectivity index (χ1n) is 7.58. The van der Waals surface area contributed by atoms with Crippen LogP contribution in [0.5, 0.6) is 5.75 Å². The van der Waals surface area contributed by atoms with E-state index in [2.05, 4.69) is 18.6 Å². The van der Waals surface area contributed by atoms with Crippen LogP contribution < -0.4 is 9.46 Å². The van der Waals surface area contributed by atoms with Crippen molar-refractivity contribution in [3.8, 4) is 5.75 Å². The van der Waals surface area contributed by atoms with E-state index >= 15 is 0 Å². The molecule has 0 fully saturated rings. The van der Waals surface area contributed by atoms with E-state index in [1.807, 2.05) is 24.3 Å². The third kappa shape index (κ3) is 6.06. The Morgan fingerprint density at radius 3 is 2.33 bits per heavy atom. The highest BCUT2D eigenvalue weighted by atomic mass is 32.2. The molecule has 124 valence electrons. The third-order valence-corrected chi connectivity index (χ3v) is 5.27. The lowest BCUT2D eigenvalue weighted by Gasteiger charge is -2.14. The maximum absolute atomic E-state index is 11.7. The molecule has 1 N–H and O–H groups in total. The van der Waals surface area contributed by atoms with E-state index in [1.165, 1.54) is 5.56 Å². The molecule has 21 heavy (non-hydrogen) atoms. The van der Waals surface area contributed by atoms with Crippen LogP contribution in [-0.4, -0.2) is 26.8 Å². The van der Waals surface area contributed by atoms with Crippen LogP contribution in [0.1, 0.15) is 54.9 Å². The minimum atomic E-state index is -3.16. The molecule has 0 aromatic heterocycles. The molecule has 0 spiro atoms. The second-order valence-corrected chi connectivity index (χ2v) is 7.92. The van der Waals surface area contributed by atoms with Crippen LogP contribution in [0.15, 0.2) is 24.3 Å². The molecule has 1 aromatic rings. The fraction of sp³-hybridized carbons (Fsp3) is 0.625.